The Kier molecular flexibility index (Phi) is 4.59. The highest BCUT2D eigenvalue weighted by Gasteiger charge is 2.47. The van der Waals surface area contributed by atoms with E-state index in [9.17, 15) is 13.2 Å². The van der Waals surface area contributed by atoms with E-state index in [0.29, 0.717) is 18.3 Å². The fourth-order valence-corrected chi connectivity index (χ4v) is 6.62. The van der Waals surface area contributed by atoms with E-state index < -0.39 is 15.1 Å². The van der Waals surface area contributed by atoms with Crippen LogP contribution in [0.1, 0.15) is 49.9 Å². The zero-order valence-corrected chi connectivity index (χ0v) is 16.1. The second-order valence-corrected chi connectivity index (χ2v) is 10.7. The predicted molar refractivity (Wildman–Crippen MR) is 98.2 cm³/mol. The zero-order chi connectivity index (χ0) is 18.4. The lowest BCUT2D eigenvalue weighted by molar-refractivity contribution is -0.123. The first-order valence-corrected chi connectivity index (χ1v) is 11.3. The molecule has 26 heavy (non-hydrogen) atoms. The van der Waals surface area contributed by atoms with E-state index in [1.54, 1.807) is 0 Å². The van der Waals surface area contributed by atoms with Crippen molar-refractivity contribution in [1.29, 1.82) is 0 Å². The molecule has 1 spiro atoms. The molecule has 3 fully saturated rings. The topological polar surface area (TPSA) is 95.2 Å². The first kappa shape index (κ1) is 18.0. The second-order valence-electron chi connectivity index (χ2n) is 8.43. The van der Waals surface area contributed by atoms with Crippen molar-refractivity contribution in [2.45, 2.75) is 63.3 Å². The number of carbonyl (C=O) groups is 1. The first-order valence-electron chi connectivity index (χ1n) is 9.60. The maximum Gasteiger partial charge on any atom is 0.238 e. The lowest BCUT2D eigenvalue weighted by atomic mass is 9.60. The molecule has 3 aliphatic rings. The summed E-state index contributed by atoms with van der Waals surface area (Å²) in [5.74, 6) is -0.112. The number of carbonyl (C=O) groups excluding carboxylic acids is 1. The Balaban J connectivity index is 1.23. The number of amides is 1. The number of likely N-dealkylation sites (tertiary alicyclic amines) is 1. The molecule has 8 heteroatoms. The minimum absolute atomic E-state index is 0.152. The Morgan fingerprint density at radius 1 is 1.38 bits per heavy atom. The van der Waals surface area contributed by atoms with Gasteiger partial charge in [-0.15, -0.1) is 0 Å². The predicted octanol–water partition coefficient (Wildman–Crippen LogP) is 1.16. The van der Waals surface area contributed by atoms with Crippen molar-refractivity contribution < 1.29 is 13.2 Å². The molecule has 144 valence electrons. The molecule has 0 aromatic carbocycles. The number of H-pyrrole nitrogens is 1. The van der Waals surface area contributed by atoms with Gasteiger partial charge in [-0.1, -0.05) is 0 Å². The van der Waals surface area contributed by atoms with E-state index in [0.717, 1.165) is 56.7 Å². The van der Waals surface area contributed by atoms with E-state index in [2.05, 4.69) is 26.5 Å². The van der Waals surface area contributed by atoms with E-state index in [1.807, 2.05) is 6.92 Å². The summed E-state index contributed by atoms with van der Waals surface area (Å²) in [6.07, 6.45) is 5.35. The summed E-state index contributed by atoms with van der Waals surface area (Å²) >= 11 is 0. The normalized spacial score (nSPS) is 28.1. The molecule has 2 N–H and O–H groups in total. The summed E-state index contributed by atoms with van der Waals surface area (Å²) in [7, 11) is -3.21. The average molecular weight is 381 g/mol. The molecule has 1 aliphatic carbocycles. The quantitative estimate of drug-likeness (QED) is 0.817. The molecule has 1 amide bonds. The monoisotopic (exact) mass is 380 g/mol. The molecule has 0 bridgehead atoms. The Morgan fingerprint density at radius 3 is 2.69 bits per heavy atom. The minimum atomic E-state index is -3.21. The van der Waals surface area contributed by atoms with Gasteiger partial charge in [-0.25, -0.2) is 8.42 Å². The fourth-order valence-electron chi connectivity index (χ4n) is 4.85. The van der Waals surface area contributed by atoms with E-state index >= 15 is 0 Å². The van der Waals surface area contributed by atoms with Crippen molar-refractivity contribution in [1.82, 2.24) is 20.4 Å². The Morgan fingerprint density at radius 2 is 2.12 bits per heavy atom. The molecule has 4 rings (SSSR count). The maximum atomic E-state index is 12.3. The number of nitrogens with one attached hydrogen (secondary N) is 2. The summed E-state index contributed by atoms with van der Waals surface area (Å²) in [4.78, 5) is 14.7. The highest BCUT2D eigenvalue weighted by molar-refractivity contribution is 7.93. The van der Waals surface area contributed by atoms with Crippen molar-refractivity contribution in [2.24, 2.45) is 5.41 Å². The van der Waals surface area contributed by atoms with Gasteiger partial charge in [0.2, 0.25) is 5.91 Å². The largest absolute Gasteiger partial charge is 0.352 e. The fraction of sp³-hybridized carbons (Fsp3) is 0.778. The van der Waals surface area contributed by atoms with Crippen LogP contribution < -0.4 is 5.32 Å². The van der Waals surface area contributed by atoms with Gasteiger partial charge in [-0.2, -0.15) is 5.10 Å². The van der Waals surface area contributed by atoms with Crippen LogP contribution in [0.15, 0.2) is 6.07 Å². The van der Waals surface area contributed by atoms with Crippen LogP contribution in [0.5, 0.6) is 0 Å². The van der Waals surface area contributed by atoms with Crippen LogP contribution in [0.25, 0.3) is 0 Å². The smallest absolute Gasteiger partial charge is 0.238 e. The zero-order valence-electron chi connectivity index (χ0n) is 15.3. The number of sulfone groups is 1. The molecule has 0 radical (unpaired) electrons. The third kappa shape index (κ3) is 3.53. The Labute approximate surface area is 154 Å². The van der Waals surface area contributed by atoms with Crippen molar-refractivity contribution in [2.75, 3.05) is 18.8 Å². The van der Waals surface area contributed by atoms with Crippen molar-refractivity contribution in [3.05, 3.63) is 17.5 Å². The van der Waals surface area contributed by atoms with E-state index in [4.69, 9.17) is 0 Å². The number of piperidine rings is 1. The number of hydrogen-bond donors (Lipinski definition) is 2. The van der Waals surface area contributed by atoms with Gasteiger partial charge in [-0.05, 0) is 70.0 Å². The van der Waals surface area contributed by atoms with Crippen molar-refractivity contribution in [3.63, 3.8) is 0 Å². The molecular formula is C18H28N4O3S. The Bertz CT molecular complexity index is 772. The van der Waals surface area contributed by atoms with Gasteiger partial charge in [0, 0.05) is 18.3 Å². The molecule has 7 nitrogen and oxygen atoms in total. The summed E-state index contributed by atoms with van der Waals surface area (Å²) in [5.41, 5.74) is 2.52. The number of aromatic nitrogens is 2. The molecule has 1 unspecified atom stereocenters. The first-order chi connectivity index (χ1) is 12.4. The highest BCUT2D eigenvalue weighted by Crippen LogP contribution is 2.49. The van der Waals surface area contributed by atoms with Gasteiger partial charge in [0.1, 0.15) is 5.25 Å². The second kappa shape index (κ2) is 6.64. The van der Waals surface area contributed by atoms with Gasteiger partial charge in [0.05, 0.1) is 11.4 Å². The highest BCUT2D eigenvalue weighted by atomic mass is 32.2. The van der Waals surface area contributed by atoms with Crippen LogP contribution >= 0.6 is 0 Å². The van der Waals surface area contributed by atoms with Gasteiger partial charge >= 0.3 is 0 Å². The van der Waals surface area contributed by atoms with Crippen LogP contribution in [0.4, 0.5) is 0 Å². The standard InChI is InChI=1S/C18H28N4O3S/c1-13-9-14(21-20-13)12-22-6-4-18(5-7-22)10-15(11-18)19-17(23)16-3-2-8-26(16,24)25/h9,15-16H,2-8,10-12H2,1H3,(H,19,23)(H,20,21). The molecule has 1 saturated carbocycles. The average Bonchev–Trinajstić information content (AvgIpc) is 3.12. The van der Waals surface area contributed by atoms with Gasteiger partial charge < -0.3 is 5.32 Å². The lowest BCUT2D eigenvalue weighted by Gasteiger charge is -2.52. The van der Waals surface area contributed by atoms with Crippen molar-refractivity contribution in [3.8, 4) is 0 Å². The molecule has 2 aliphatic heterocycles. The van der Waals surface area contributed by atoms with E-state index in [1.165, 1.54) is 0 Å². The van der Waals surface area contributed by atoms with Crippen molar-refractivity contribution >= 4 is 15.7 Å². The maximum absolute atomic E-state index is 12.3. The Hall–Kier alpha value is -1.41. The van der Waals surface area contributed by atoms with E-state index in [-0.39, 0.29) is 17.7 Å². The number of aryl methyl sites for hydroxylation is 1. The molecule has 1 atom stereocenters. The van der Waals surface area contributed by atoms with Gasteiger partial charge in [-0.3, -0.25) is 14.8 Å². The summed E-state index contributed by atoms with van der Waals surface area (Å²) in [5, 5.41) is 9.49. The number of hydrogen-bond acceptors (Lipinski definition) is 5. The van der Waals surface area contributed by atoms with Gasteiger partial charge in [0.15, 0.2) is 9.84 Å². The lowest BCUT2D eigenvalue weighted by Crippen LogP contribution is -2.56. The summed E-state index contributed by atoms with van der Waals surface area (Å²) in [6.45, 7) is 5.02. The molecule has 3 heterocycles. The molecule has 1 aromatic heterocycles. The third-order valence-electron chi connectivity index (χ3n) is 6.39. The molecular weight excluding hydrogens is 352 g/mol. The van der Waals surface area contributed by atoms with Crippen LogP contribution in [-0.2, 0) is 21.2 Å². The van der Waals surface area contributed by atoms with Crippen LogP contribution in [0.3, 0.4) is 0 Å². The molecule has 1 aromatic rings. The van der Waals surface area contributed by atoms with Gasteiger partial charge in [0.25, 0.3) is 0 Å². The van der Waals surface area contributed by atoms with Crippen LogP contribution in [-0.4, -0.2) is 59.6 Å². The number of rotatable bonds is 4. The summed E-state index contributed by atoms with van der Waals surface area (Å²) < 4.78 is 23.8. The minimum Gasteiger partial charge on any atom is -0.352 e. The number of aromatic amines is 1. The summed E-state index contributed by atoms with van der Waals surface area (Å²) in [6, 6.07) is 2.25. The number of nitrogens with zero attached hydrogens (tertiary/aromatic N) is 2. The third-order valence-corrected chi connectivity index (χ3v) is 8.56. The molecule has 2 saturated heterocycles. The SMILES string of the molecule is Cc1cc(CN2CCC3(CC2)CC(NC(=O)C2CCCS2(=O)=O)C3)n[nH]1. The van der Waals surface area contributed by atoms with Crippen LogP contribution in [0.2, 0.25) is 0 Å². The van der Waals surface area contributed by atoms with Crippen LogP contribution in [0, 0.1) is 12.3 Å².